The van der Waals surface area contributed by atoms with E-state index in [1.807, 2.05) is 0 Å². The molecule has 0 aliphatic carbocycles. The van der Waals surface area contributed by atoms with Gasteiger partial charge < -0.3 is 5.11 Å². The van der Waals surface area contributed by atoms with Gasteiger partial charge in [0.2, 0.25) is 0 Å². The molecule has 3 atom stereocenters. The molecular weight excluding hydrogens is 174 g/mol. The molecule has 1 aliphatic heterocycles. The fourth-order valence-corrected chi connectivity index (χ4v) is 1.65. The van der Waals surface area contributed by atoms with E-state index in [9.17, 15) is 19.9 Å². The lowest BCUT2D eigenvalue weighted by molar-refractivity contribution is -0.169. The van der Waals surface area contributed by atoms with Gasteiger partial charge in [-0.05, 0) is 13.3 Å². The van der Waals surface area contributed by atoms with Gasteiger partial charge in [0.05, 0.1) is 12.1 Å². The van der Waals surface area contributed by atoms with Crippen LogP contribution in [0.15, 0.2) is 0 Å². The van der Waals surface area contributed by atoms with Gasteiger partial charge in [-0.1, -0.05) is 6.92 Å². The van der Waals surface area contributed by atoms with Crippen LogP contribution in [0.1, 0.15) is 20.3 Å². The maximum Gasteiger partial charge on any atom is 0.259 e. The number of hydrogen-bond acceptors (Lipinski definition) is 4. The third-order valence-corrected chi connectivity index (χ3v) is 2.40. The number of ketones is 1. The van der Waals surface area contributed by atoms with Crippen molar-refractivity contribution in [2.45, 2.75) is 32.4 Å². The standard InChI is InChI=1S/C8H13NO4/c1-3-5-7(11)6(4(2)10)8(12)9(5)13/h5-7,11,13H,3H2,1-2H3. The van der Waals surface area contributed by atoms with Gasteiger partial charge in [0, 0.05) is 0 Å². The van der Waals surface area contributed by atoms with Crippen molar-refractivity contribution in [1.82, 2.24) is 5.06 Å². The van der Waals surface area contributed by atoms with Gasteiger partial charge in [0.15, 0.2) is 0 Å². The largest absolute Gasteiger partial charge is 0.390 e. The van der Waals surface area contributed by atoms with Crippen LogP contribution in [0, 0.1) is 5.92 Å². The van der Waals surface area contributed by atoms with Gasteiger partial charge in [-0.3, -0.25) is 14.8 Å². The highest BCUT2D eigenvalue weighted by atomic mass is 16.5. The SMILES string of the molecule is CCC1C(O)C(C(C)=O)C(=O)N1O. The van der Waals surface area contributed by atoms with Crippen molar-refractivity contribution >= 4 is 11.7 Å². The van der Waals surface area contributed by atoms with E-state index in [0.29, 0.717) is 11.5 Å². The molecule has 13 heavy (non-hydrogen) atoms. The lowest BCUT2D eigenvalue weighted by Crippen LogP contribution is -2.33. The predicted octanol–water partition coefficient (Wildman–Crippen LogP) is -0.438. The Morgan fingerprint density at radius 2 is 2.15 bits per heavy atom. The average molecular weight is 187 g/mol. The predicted molar refractivity (Wildman–Crippen MR) is 42.9 cm³/mol. The molecule has 1 fully saturated rings. The number of rotatable bonds is 2. The Hall–Kier alpha value is -0.940. The quantitative estimate of drug-likeness (QED) is 0.454. The van der Waals surface area contributed by atoms with E-state index in [1.165, 1.54) is 6.92 Å². The van der Waals surface area contributed by atoms with E-state index in [2.05, 4.69) is 0 Å². The molecule has 3 unspecified atom stereocenters. The van der Waals surface area contributed by atoms with E-state index >= 15 is 0 Å². The molecule has 1 saturated heterocycles. The summed E-state index contributed by atoms with van der Waals surface area (Å²) in [6.45, 7) is 2.96. The minimum absolute atomic E-state index is 0.410. The molecule has 1 rings (SSSR count). The van der Waals surface area contributed by atoms with Crippen LogP contribution in [0.5, 0.6) is 0 Å². The van der Waals surface area contributed by atoms with E-state index < -0.39 is 29.8 Å². The fraction of sp³-hybridized carbons (Fsp3) is 0.750. The molecule has 0 bridgehead atoms. The van der Waals surface area contributed by atoms with Crippen LogP contribution in [0.25, 0.3) is 0 Å². The number of hydrogen-bond donors (Lipinski definition) is 2. The maximum atomic E-state index is 11.2. The third-order valence-electron chi connectivity index (χ3n) is 2.40. The first-order chi connectivity index (χ1) is 6.00. The van der Waals surface area contributed by atoms with Crippen LogP contribution in [0.4, 0.5) is 0 Å². The topological polar surface area (TPSA) is 77.8 Å². The fourth-order valence-electron chi connectivity index (χ4n) is 1.65. The maximum absolute atomic E-state index is 11.2. The van der Waals surface area contributed by atoms with Crippen molar-refractivity contribution in [3.05, 3.63) is 0 Å². The van der Waals surface area contributed by atoms with Crippen LogP contribution in [0.3, 0.4) is 0 Å². The zero-order chi connectivity index (χ0) is 10.2. The van der Waals surface area contributed by atoms with E-state index in [0.717, 1.165) is 0 Å². The number of amides is 1. The Balaban J connectivity index is 2.91. The summed E-state index contributed by atoms with van der Waals surface area (Å²) in [7, 11) is 0. The zero-order valence-electron chi connectivity index (χ0n) is 7.60. The Kier molecular flexibility index (Phi) is 2.68. The summed E-state index contributed by atoms with van der Waals surface area (Å²) in [5.74, 6) is -2.20. The summed E-state index contributed by atoms with van der Waals surface area (Å²) in [6.07, 6.45) is -0.660. The molecule has 2 N–H and O–H groups in total. The molecule has 0 aromatic rings. The Morgan fingerprint density at radius 3 is 2.38 bits per heavy atom. The van der Waals surface area contributed by atoms with Crippen LogP contribution in [-0.2, 0) is 9.59 Å². The van der Waals surface area contributed by atoms with Crippen molar-refractivity contribution in [2.24, 2.45) is 5.92 Å². The summed E-state index contributed by atoms with van der Waals surface area (Å²) in [5, 5.41) is 19.2. The normalized spacial score (nSPS) is 34.0. The summed E-state index contributed by atoms with van der Waals surface area (Å²) in [6, 6.07) is -0.651. The number of Topliss-reactive ketones (excluding diaryl/α,β-unsaturated/α-hetero) is 1. The van der Waals surface area contributed by atoms with Crippen LogP contribution in [-0.4, -0.2) is 39.2 Å². The molecule has 1 heterocycles. The molecule has 1 aliphatic rings. The summed E-state index contributed by atoms with van der Waals surface area (Å²) >= 11 is 0. The van der Waals surface area contributed by atoms with Crippen LogP contribution >= 0.6 is 0 Å². The van der Waals surface area contributed by atoms with Gasteiger partial charge in [0.1, 0.15) is 11.7 Å². The number of carbonyl (C=O) groups is 2. The highest BCUT2D eigenvalue weighted by molar-refractivity contribution is 6.02. The van der Waals surface area contributed by atoms with E-state index in [-0.39, 0.29) is 0 Å². The molecule has 0 aromatic carbocycles. The van der Waals surface area contributed by atoms with Crippen molar-refractivity contribution in [2.75, 3.05) is 0 Å². The highest BCUT2D eigenvalue weighted by Crippen LogP contribution is 2.26. The number of carbonyl (C=O) groups excluding carboxylic acids is 2. The van der Waals surface area contributed by atoms with Crippen molar-refractivity contribution in [3.8, 4) is 0 Å². The summed E-state index contributed by atoms with van der Waals surface area (Å²) in [5.41, 5.74) is 0. The number of hydroxylamine groups is 2. The van der Waals surface area contributed by atoms with Crippen molar-refractivity contribution in [3.63, 3.8) is 0 Å². The molecule has 74 valence electrons. The first kappa shape index (κ1) is 10.1. The minimum atomic E-state index is -1.09. The average Bonchev–Trinajstić information content (AvgIpc) is 2.24. The lowest BCUT2D eigenvalue weighted by atomic mass is 9.97. The van der Waals surface area contributed by atoms with Gasteiger partial charge in [-0.25, -0.2) is 5.06 Å². The zero-order valence-corrected chi connectivity index (χ0v) is 7.60. The second-order valence-corrected chi connectivity index (χ2v) is 3.24. The number of aliphatic hydroxyl groups excluding tert-OH is 1. The smallest absolute Gasteiger partial charge is 0.259 e. The molecule has 5 nitrogen and oxygen atoms in total. The Labute approximate surface area is 75.9 Å². The van der Waals surface area contributed by atoms with Gasteiger partial charge in [0.25, 0.3) is 5.91 Å². The van der Waals surface area contributed by atoms with Crippen molar-refractivity contribution in [1.29, 1.82) is 0 Å². The lowest BCUT2D eigenvalue weighted by Gasteiger charge is -2.17. The van der Waals surface area contributed by atoms with Gasteiger partial charge >= 0.3 is 0 Å². The van der Waals surface area contributed by atoms with Gasteiger partial charge in [-0.2, -0.15) is 0 Å². The molecule has 1 amide bonds. The first-order valence-electron chi connectivity index (χ1n) is 4.21. The first-order valence-corrected chi connectivity index (χ1v) is 4.21. The van der Waals surface area contributed by atoms with E-state index in [1.54, 1.807) is 6.92 Å². The highest BCUT2D eigenvalue weighted by Gasteiger charge is 2.48. The van der Waals surface area contributed by atoms with Crippen LogP contribution in [0.2, 0.25) is 0 Å². The molecule has 5 heteroatoms. The number of nitrogens with zero attached hydrogens (tertiary/aromatic N) is 1. The van der Waals surface area contributed by atoms with E-state index in [4.69, 9.17) is 0 Å². The van der Waals surface area contributed by atoms with Crippen molar-refractivity contribution < 1.29 is 19.9 Å². The molecular formula is C8H13NO4. The van der Waals surface area contributed by atoms with Crippen LogP contribution < -0.4 is 0 Å². The molecule has 0 spiro atoms. The summed E-state index contributed by atoms with van der Waals surface area (Å²) < 4.78 is 0. The molecule has 0 radical (unpaired) electrons. The number of aliphatic hydroxyl groups is 1. The molecule has 0 saturated carbocycles. The Morgan fingerprint density at radius 1 is 1.62 bits per heavy atom. The Bertz CT molecular complexity index is 240. The van der Waals surface area contributed by atoms with Gasteiger partial charge in [-0.15, -0.1) is 0 Å². The third kappa shape index (κ3) is 1.45. The minimum Gasteiger partial charge on any atom is -0.390 e. The summed E-state index contributed by atoms with van der Waals surface area (Å²) in [4.78, 5) is 22.2. The second kappa shape index (κ2) is 3.43. The second-order valence-electron chi connectivity index (χ2n) is 3.24. The monoisotopic (exact) mass is 187 g/mol. The molecule has 0 aromatic heterocycles.